The van der Waals surface area contributed by atoms with E-state index in [2.05, 4.69) is 6.58 Å². The first-order valence-electron chi connectivity index (χ1n) is 4.16. The molecule has 1 aromatic carbocycles. The maximum Gasteiger partial charge on any atom is 0.150 e. The molecule has 3 heteroatoms. The van der Waals surface area contributed by atoms with Crippen LogP contribution < -0.4 is 0 Å². The lowest BCUT2D eigenvalue weighted by Crippen LogP contribution is -1.98. The topological polar surface area (TPSA) is 46.5 Å². The van der Waals surface area contributed by atoms with Crippen molar-refractivity contribution in [3.63, 3.8) is 0 Å². The zero-order valence-electron chi connectivity index (χ0n) is 7.93. The predicted molar refractivity (Wildman–Crippen MR) is 53.4 cm³/mol. The summed E-state index contributed by atoms with van der Waals surface area (Å²) < 4.78 is 5.07. The number of carbonyl (C=O) groups is 1. The fourth-order valence-electron chi connectivity index (χ4n) is 1.22. The summed E-state index contributed by atoms with van der Waals surface area (Å²) in [4.78, 5) is 10.5. The highest BCUT2D eigenvalue weighted by molar-refractivity contribution is 5.75. The van der Waals surface area contributed by atoms with Gasteiger partial charge in [-0.1, -0.05) is 6.08 Å². The van der Waals surface area contributed by atoms with Crippen LogP contribution in [0.1, 0.15) is 22.0 Å². The van der Waals surface area contributed by atoms with E-state index in [0.717, 1.165) is 6.29 Å². The van der Waals surface area contributed by atoms with E-state index in [1.54, 1.807) is 18.2 Å². The summed E-state index contributed by atoms with van der Waals surface area (Å²) >= 11 is 0. The normalized spacial score (nSPS) is 12.1. The number of ether oxygens (including phenoxy) is 1. The van der Waals surface area contributed by atoms with Crippen LogP contribution >= 0.6 is 0 Å². The van der Waals surface area contributed by atoms with Crippen LogP contribution in [0.4, 0.5) is 0 Å². The second-order valence-electron chi connectivity index (χ2n) is 2.83. The molecule has 0 bridgehead atoms. The summed E-state index contributed by atoms with van der Waals surface area (Å²) in [6.07, 6.45) is 1.89. The van der Waals surface area contributed by atoms with Gasteiger partial charge in [-0.05, 0) is 18.2 Å². The van der Waals surface area contributed by atoms with Crippen LogP contribution in [0.5, 0.6) is 5.75 Å². The Kier molecular flexibility index (Phi) is 3.42. The Hall–Kier alpha value is -1.61. The highest BCUT2D eigenvalue weighted by atomic mass is 16.5. The summed E-state index contributed by atoms with van der Waals surface area (Å²) in [5.74, 6) is 0.0994. The quantitative estimate of drug-likeness (QED) is 0.586. The first-order valence-corrected chi connectivity index (χ1v) is 4.16. The van der Waals surface area contributed by atoms with Gasteiger partial charge in [-0.3, -0.25) is 4.79 Å². The second kappa shape index (κ2) is 4.58. The number of hydrogen-bond donors (Lipinski definition) is 1. The van der Waals surface area contributed by atoms with Crippen LogP contribution in [0.15, 0.2) is 30.9 Å². The van der Waals surface area contributed by atoms with Gasteiger partial charge in [0.25, 0.3) is 0 Å². The molecule has 1 atom stereocenters. The maximum absolute atomic E-state index is 10.5. The molecule has 0 unspecified atom stereocenters. The van der Waals surface area contributed by atoms with Gasteiger partial charge in [0.15, 0.2) is 0 Å². The number of benzene rings is 1. The molecule has 0 aliphatic carbocycles. The van der Waals surface area contributed by atoms with Gasteiger partial charge < -0.3 is 9.84 Å². The third-order valence-electron chi connectivity index (χ3n) is 1.96. The molecule has 0 aromatic heterocycles. The Bertz CT molecular complexity index is 344. The average molecular weight is 192 g/mol. The number of aldehydes is 1. The minimum Gasteiger partial charge on any atom is -0.508 e. The lowest BCUT2D eigenvalue weighted by molar-refractivity contribution is 0.112. The van der Waals surface area contributed by atoms with Crippen molar-refractivity contribution in [1.29, 1.82) is 0 Å². The highest BCUT2D eigenvalue weighted by Gasteiger charge is 2.11. The number of phenols is 1. The van der Waals surface area contributed by atoms with Gasteiger partial charge >= 0.3 is 0 Å². The number of rotatable bonds is 4. The molecule has 1 N–H and O–H groups in total. The summed E-state index contributed by atoms with van der Waals surface area (Å²) in [6, 6.07) is 4.59. The molecule has 0 amide bonds. The van der Waals surface area contributed by atoms with E-state index < -0.39 is 6.10 Å². The molecule has 74 valence electrons. The fraction of sp³-hybridized carbons (Fsp3) is 0.182. The monoisotopic (exact) mass is 192 g/mol. The van der Waals surface area contributed by atoms with Gasteiger partial charge in [0.2, 0.25) is 0 Å². The van der Waals surface area contributed by atoms with Crippen molar-refractivity contribution in [3.8, 4) is 5.75 Å². The zero-order valence-corrected chi connectivity index (χ0v) is 7.93. The summed E-state index contributed by atoms with van der Waals surface area (Å²) in [7, 11) is 1.51. The average Bonchev–Trinajstić information content (AvgIpc) is 2.22. The van der Waals surface area contributed by atoms with Crippen molar-refractivity contribution in [2.75, 3.05) is 7.11 Å². The van der Waals surface area contributed by atoms with Crippen molar-refractivity contribution in [2.24, 2.45) is 0 Å². The van der Waals surface area contributed by atoms with Gasteiger partial charge in [-0.25, -0.2) is 0 Å². The highest BCUT2D eigenvalue weighted by Crippen LogP contribution is 2.27. The van der Waals surface area contributed by atoms with Crippen LogP contribution in [-0.2, 0) is 4.74 Å². The Labute approximate surface area is 82.6 Å². The van der Waals surface area contributed by atoms with Crippen molar-refractivity contribution in [1.82, 2.24) is 0 Å². The predicted octanol–water partition coefficient (Wildman–Crippen LogP) is 2.08. The van der Waals surface area contributed by atoms with Crippen molar-refractivity contribution >= 4 is 6.29 Å². The first-order chi connectivity index (χ1) is 6.72. The molecule has 0 aliphatic rings. The molecule has 0 aliphatic heterocycles. The van der Waals surface area contributed by atoms with Gasteiger partial charge in [0.05, 0.1) is 0 Å². The Morgan fingerprint density at radius 2 is 2.29 bits per heavy atom. The molecule has 0 fully saturated rings. The number of aromatic hydroxyl groups is 1. The van der Waals surface area contributed by atoms with Gasteiger partial charge in [0.1, 0.15) is 18.1 Å². The molecule has 0 heterocycles. The molecular formula is C11H12O3. The van der Waals surface area contributed by atoms with Crippen LogP contribution in [0.2, 0.25) is 0 Å². The van der Waals surface area contributed by atoms with Crippen LogP contribution in [0.3, 0.4) is 0 Å². The standard InChI is InChI=1S/C11H12O3/c1-3-11(14-2)9-6-8(7-12)4-5-10(9)13/h3-7,11,13H,1H2,2H3/t11-/m0/s1. The minimum absolute atomic E-state index is 0.0994. The van der Waals surface area contributed by atoms with Crippen molar-refractivity contribution < 1.29 is 14.6 Å². The molecule has 0 spiro atoms. The SMILES string of the molecule is C=C[C@H](OC)c1cc(C=O)ccc1O. The lowest BCUT2D eigenvalue weighted by atomic mass is 10.1. The summed E-state index contributed by atoms with van der Waals surface area (Å²) in [5.41, 5.74) is 1.05. The molecule has 1 rings (SSSR count). The molecule has 14 heavy (non-hydrogen) atoms. The van der Waals surface area contributed by atoms with E-state index in [9.17, 15) is 9.90 Å². The van der Waals surface area contributed by atoms with Crippen LogP contribution in [0, 0.1) is 0 Å². The Balaban J connectivity index is 3.16. The summed E-state index contributed by atoms with van der Waals surface area (Å²) in [6.45, 7) is 3.58. The van der Waals surface area contributed by atoms with Crippen molar-refractivity contribution in [2.45, 2.75) is 6.10 Å². The largest absolute Gasteiger partial charge is 0.508 e. The van der Waals surface area contributed by atoms with E-state index in [1.807, 2.05) is 0 Å². The number of carbonyl (C=O) groups excluding carboxylic acids is 1. The smallest absolute Gasteiger partial charge is 0.150 e. The van der Waals surface area contributed by atoms with E-state index in [-0.39, 0.29) is 5.75 Å². The first kappa shape index (κ1) is 10.5. The van der Waals surface area contributed by atoms with Gasteiger partial charge in [-0.15, -0.1) is 6.58 Å². The third kappa shape index (κ3) is 2.00. The number of methoxy groups -OCH3 is 1. The fourth-order valence-corrected chi connectivity index (χ4v) is 1.22. The molecule has 3 nitrogen and oxygen atoms in total. The van der Waals surface area contributed by atoms with Crippen LogP contribution in [0.25, 0.3) is 0 Å². The van der Waals surface area contributed by atoms with Crippen LogP contribution in [-0.4, -0.2) is 18.5 Å². The molecule has 0 saturated carbocycles. The lowest BCUT2D eigenvalue weighted by Gasteiger charge is -2.12. The van der Waals surface area contributed by atoms with E-state index >= 15 is 0 Å². The second-order valence-corrected chi connectivity index (χ2v) is 2.83. The maximum atomic E-state index is 10.5. The van der Waals surface area contributed by atoms with E-state index in [0.29, 0.717) is 11.1 Å². The Morgan fingerprint density at radius 3 is 2.79 bits per heavy atom. The van der Waals surface area contributed by atoms with Crippen molar-refractivity contribution in [3.05, 3.63) is 42.0 Å². The number of hydrogen-bond acceptors (Lipinski definition) is 3. The zero-order chi connectivity index (χ0) is 10.6. The Morgan fingerprint density at radius 1 is 1.57 bits per heavy atom. The van der Waals surface area contributed by atoms with Gasteiger partial charge in [0, 0.05) is 18.2 Å². The number of phenolic OH excluding ortho intramolecular Hbond substituents is 1. The van der Waals surface area contributed by atoms with Gasteiger partial charge in [-0.2, -0.15) is 0 Å². The molecule has 1 aromatic rings. The summed E-state index contributed by atoms with van der Waals surface area (Å²) in [5, 5.41) is 9.52. The molecule has 0 saturated heterocycles. The van der Waals surface area contributed by atoms with E-state index in [4.69, 9.17) is 4.74 Å². The molecular weight excluding hydrogens is 180 g/mol. The minimum atomic E-state index is -0.394. The molecule has 0 radical (unpaired) electrons. The third-order valence-corrected chi connectivity index (χ3v) is 1.96. The van der Waals surface area contributed by atoms with E-state index in [1.165, 1.54) is 13.2 Å².